The molecular formula is C13H15Br2NO4S. The maximum absolute atomic E-state index is 12.7. The van der Waals surface area contributed by atoms with Gasteiger partial charge in [0.2, 0.25) is 10.0 Å². The number of hydrogen-bond acceptors (Lipinski definition) is 4. The predicted octanol–water partition coefficient (Wildman–Crippen LogP) is 2.64. The van der Waals surface area contributed by atoms with Gasteiger partial charge in [-0.3, -0.25) is 4.79 Å². The normalized spacial score (nSPS) is 23.2. The summed E-state index contributed by atoms with van der Waals surface area (Å²) in [5.41, 5.74) is 0. The van der Waals surface area contributed by atoms with E-state index in [4.69, 9.17) is 4.74 Å². The van der Waals surface area contributed by atoms with Gasteiger partial charge >= 0.3 is 5.97 Å². The zero-order valence-corrected chi connectivity index (χ0v) is 15.5. The Labute approximate surface area is 141 Å². The zero-order chi connectivity index (χ0) is 15.8. The maximum Gasteiger partial charge on any atom is 0.310 e. The average molecular weight is 441 g/mol. The molecule has 0 N–H and O–H groups in total. The Morgan fingerprint density at radius 3 is 2.57 bits per heavy atom. The second-order valence-electron chi connectivity index (χ2n) is 5.00. The molecule has 2 unspecified atom stereocenters. The van der Waals surface area contributed by atoms with E-state index in [0.717, 1.165) is 4.47 Å². The van der Waals surface area contributed by atoms with Crippen molar-refractivity contribution in [2.24, 2.45) is 11.8 Å². The monoisotopic (exact) mass is 439 g/mol. The number of carbonyl (C=O) groups is 1. The Hall–Kier alpha value is -0.440. The van der Waals surface area contributed by atoms with Crippen molar-refractivity contribution in [1.82, 2.24) is 4.31 Å². The van der Waals surface area contributed by atoms with Gasteiger partial charge in [-0.15, -0.1) is 0 Å². The van der Waals surface area contributed by atoms with E-state index in [9.17, 15) is 13.2 Å². The zero-order valence-electron chi connectivity index (χ0n) is 11.5. The number of carbonyl (C=O) groups excluding carboxylic acids is 1. The molecule has 0 aliphatic carbocycles. The van der Waals surface area contributed by atoms with Gasteiger partial charge in [0.05, 0.1) is 17.9 Å². The van der Waals surface area contributed by atoms with Crippen LogP contribution in [0, 0.1) is 11.8 Å². The van der Waals surface area contributed by atoms with E-state index < -0.39 is 15.9 Å². The first-order valence-electron chi connectivity index (χ1n) is 6.30. The third kappa shape index (κ3) is 3.33. The molecule has 2 rings (SSSR count). The Kier molecular flexibility index (Phi) is 5.12. The lowest BCUT2D eigenvalue weighted by Crippen LogP contribution is -2.30. The smallest absolute Gasteiger partial charge is 0.310 e. The summed E-state index contributed by atoms with van der Waals surface area (Å²) < 4.78 is 32.7. The number of rotatable bonds is 3. The van der Waals surface area contributed by atoms with E-state index in [1.165, 1.54) is 11.4 Å². The molecule has 1 aliphatic heterocycles. The van der Waals surface area contributed by atoms with Crippen LogP contribution in [-0.4, -0.2) is 38.9 Å². The summed E-state index contributed by atoms with van der Waals surface area (Å²) in [6.45, 7) is 2.32. The quantitative estimate of drug-likeness (QED) is 0.677. The SMILES string of the molecule is COC(=O)C1CN(S(=O)(=O)c2ccc(Br)cc2Br)CC1C. The van der Waals surface area contributed by atoms with Crippen LogP contribution in [0.4, 0.5) is 0 Å². The summed E-state index contributed by atoms with van der Waals surface area (Å²) in [7, 11) is -2.32. The van der Waals surface area contributed by atoms with E-state index >= 15 is 0 Å². The Balaban J connectivity index is 2.31. The number of halogens is 2. The minimum Gasteiger partial charge on any atom is -0.469 e. The van der Waals surface area contributed by atoms with Crippen LogP contribution in [-0.2, 0) is 19.6 Å². The number of benzene rings is 1. The third-order valence-electron chi connectivity index (χ3n) is 3.59. The van der Waals surface area contributed by atoms with E-state index in [1.54, 1.807) is 18.2 Å². The van der Waals surface area contributed by atoms with Crippen molar-refractivity contribution in [3.05, 3.63) is 27.1 Å². The number of sulfonamides is 1. The van der Waals surface area contributed by atoms with Gasteiger partial charge in [-0.2, -0.15) is 4.31 Å². The highest BCUT2D eigenvalue weighted by Crippen LogP contribution is 2.33. The first-order chi connectivity index (χ1) is 9.77. The standard InChI is InChI=1S/C13H15Br2NO4S/c1-8-6-16(7-10(8)13(17)20-2)21(18,19)12-4-3-9(14)5-11(12)15/h3-5,8,10H,6-7H2,1-2H3. The Morgan fingerprint density at radius 2 is 2.00 bits per heavy atom. The minimum atomic E-state index is -3.64. The van der Waals surface area contributed by atoms with Crippen molar-refractivity contribution in [2.45, 2.75) is 11.8 Å². The number of esters is 1. The summed E-state index contributed by atoms with van der Waals surface area (Å²) in [6, 6.07) is 4.90. The molecule has 0 spiro atoms. The minimum absolute atomic E-state index is 0.0681. The largest absolute Gasteiger partial charge is 0.469 e. The lowest BCUT2D eigenvalue weighted by atomic mass is 9.99. The Bertz CT molecular complexity index is 662. The average Bonchev–Trinajstić information content (AvgIpc) is 2.80. The van der Waals surface area contributed by atoms with Crippen molar-refractivity contribution >= 4 is 47.9 Å². The fraction of sp³-hybridized carbons (Fsp3) is 0.462. The van der Waals surface area contributed by atoms with Gasteiger partial charge in [-0.05, 0) is 40.0 Å². The number of methoxy groups -OCH3 is 1. The molecule has 0 radical (unpaired) electrons. The Morgan fingerprint density at radius 1 is 1.33 bits per heavy atom. The number of nitrogens with zero attached hydrogens (tertiary/aromatic N) is 1. The molecule has 0 amide bonds. The molecule has 0 bridgehead atoms. The predicted molar refractivity (Wildman–Crippen MR) is 85.3 cm³/mol. The van der Waals surface area contributed by atoms with Crippen LogP contribution in [0.1, 0.15) is 6.92 Å². The molecule has 5 nitrogen and oxygen atoms in total. The van der Waals surface area contributed by atoms with Gasteiger partial charge in [-0.25, -0.2) is 8.42 Å². The maximum atomic E-state index is 12.7. The molecule has 1 saturated heterocycles. The topological polar surface area (TPSA) is 63.7 Å². The number of ether oxygens (including phenoxy) is 1. The molecule has 1 fully saturated rings. The van der Waals surface area contributed by atoms with Crippen molar-refractivity contribution < 1.29 is 17.9 Å². The van der Waals surface area contributed by atoms with E-state index in [-0.39, 0.29) is 23.3 Å². The second-order valence-corrected chi connectivity index (χ2v) is 8.68. The summed E-state index contributed by atoms with van der Waals surface area (Å²) >= 11 is 6.57. The van der Waals surface area contributed by atoms with Gasteiger partial charge in [-0.1, -0.05) is 22.9 Å². The molecule has 0 aromatic heterocycles. The molecule has 1 heterocycles. The van der Waals surface area contributed by atoms with Crippen LogP contribution in [0.3, 0.4) is 0 Å². The fourth-order valence-corrected chi connectivity index (χ4v) is 5.67. The summed E-state index contributed by atoms with van der Waals surface area (Å²) in [5, 5.41) is 0. The van der Waals surface area contributed by atoms with Crippen LogP contribution in [0.2, 0.25) is 0 Å². The lowest BCUT2D eigenvalue weighted by Gasteiger charge is -2.17. The van der Waals surface area contributed by atoms with Gasteiger partial charge in [0, 0.05) is 22.0 Å². The van der Waals surface area contributed by atoms with Crippen molar-refractivity contribution in [3.63, 3.8) is 0 Å². The van der Waals surface area contributed by atoms with Crippen LogP contribution in [0.25, 0.3) is 0 Å². The summed E-state index contributed by atoms with van der Waals surface area (Å²) in [4.78, 5) is 11.9. The van der Waals surface area contributed by atoms with Crippen molar-refractivity contribution in [1.29, 1.82) is 0 Å². The van der Waals surface area contributed by atoms with Gasteiger partial charge in [0.15, 0.2) is 0 Å². The van der Waals surface area contributed by atoms with Gasteiger partial charge in [0.1, 0.15) is 0 Å². The molecule has 21 heavy (non-hydrogen) atoms. The molecule has 1 aromatic rings. The molecule has 1 aromatic carbocycles. The van der Waals surface area contributed by atoms with Crippen molar-refractivity contribution in [3.8, 4) is 0 Å². The second kappa shape index (κ2) is 6.36. The van der Waals surface area contributed by atoms with E-state index in [0.29, 0.717) is 11.0 Å². The highest BCUT2D eigenvalue weighted by Gasteiger charge is 2.41. The summed E-state index contributed by atoms with van der Waals surface area (Å²) in [6.07, 6.45) is 0. The van der Waals surface area contributed by atoms with Gasteiger partial charge in [0.25, 0.3) is 0 Å². The first-order valence-corrected chi connectivity index (χ1v) is 9.33. The lowest BCUT2D eigenvalue weighted by molar-refractivity contribution is -0.145. The van der Waals surface area contributed by atoms with Crippen LogP contribution in [0.15, 0.2) is 32.0 Å². The highest BCUT2D eigenvalue weighted by atomic mass is 79.9. The van der Waals surface area contributed by atoms with Crippen LogP contribution in [0.5, 0.6) is 0 Å². The summed E-state index contributed by atoms with van der Waals surface area (Å²) in [5.74, 6) is -0.851. The van der Waals surface area contributed by atoms with Crippen LogP contribution >= 0.6 is 31.9 Å². The molecule has 116 valence electrons. The fourth-order valence-electron chi connectivity index (χ4n) is 2.40. The van der Waals surface area contributed by atoms with E-state index in [1.807, 2.05) is 6.92 Å². The molecule has 8 heteroatoms. The van der Waals surface area contributed by atoms with E-state index in [2.05, 4.69) is 31.9 Å². The first kappa shape index (κ1) is 16.9. The number of hydrogen-bond donors (Lipinski definition) is 0. The van der Waals surface area contributed by atoms with Crippen LogP contribution < -0.4 is 0 Å². The highest BCUT2D eigenvalue weighted by molar-refractivity contribution is 9.11. The molecule has 0 saturated carbocycles. The molecule has 1 aliphatic rings. The molecule has 2 atom stereocenters. The third-order valence-corrected chi connectivity index (χ3v) is 6.90. The van der Waals surface area contributed by atoms with Crippen molar-refractivity contribution in [2.75, 3.05) is 20.2 Å². The molecular weight excluding hydrogens is 426 g/mol. The van der Waals surface area contributed by atoms with Gasteiger partial charge < -0.3 is 4.74 Å².